The number of alkyl halides is 3. The van der Waals surface area contributed by atoms with Gasteiger partial charge in [0.2, 0.25) is 0 Å². The first-order chi connectivity index (χ1) is 9.49. The fourth-order valence-electron chi connectivity index (χ4n) is 2.19. The Morgan fingerprint density at radius 3 is 2.30 bits per heavy atom. The maximum absolute atomic E-state index is 12.5. The van der Waals surface area contributed by atoms with Gasteiger partial charge in [0.25, 0.3) is 0 Å². The zero-order chi connectivity index (χ0) is 14.6. The number of likely N-dealkylation sites (N-methyl/N-ethyl adjacent to an activating group) is 1. The van der Waals surface area contributed by atoms with Crippen LogP contribution >= 0.6 is 0 Å². The number of ether oxygens (including phenoxy) is 2. The third kappa shape index (κ3) is 4.19. The lowest BCUT2D eigenvalue weighted by molar-refractivity contribution is -0.137. The summed E-state index contributed by atoms with van der Waals surface area (Å²) in [5.74, 6) is 0. The lowest BCUT2D eigenvalue weighted by Gasteiger charge is -2.19. The molecule has 20 heavy (non-hydrogen) atoms. The van der Waals surface area contributed by atoms with Gasteiger partial charge in [-0.3, -0.25) is 0 Å². The summed E-state index contributed by atoms with van der Waals surface area (Å²) in [4.78, 5) is 0. The molecule has 0 aromatic heterocycles. The van der Waals surface area contributed by atoms with Crippen molar-refractivity contribution in [3.8, 4) is 0 Å². The highest BCUT2D eigenvalue weighted by molar-refractivity contribution is 5.25. The summed E-state index contributed by atoms with van der Waals surface area (Å²) in [5, 5.41) is 3.14. The van der Waals surface area contributed by atoms with Crippen LogP contribution in [-0.2, 0) is 22.1 Å². The van der Waals surface area contributed by atoms with Crippen molar-refractivity contribution < 1.29 is 22.6 Å². The smallest absolute Gasteiger partial charge is 0.350 e. The molecule has 1 aliphatic heterocycles. The molecule has 1 N–H and O–H groups in total. The van der Waals surface area contributed by atoms with Crippen LogP contribution in [0.25, 0.3) is 0 Å². The fourth-order valence-corrected chi connectivity index (χ4v) is 2.19. The van der Waals surface area contributed by atoms with Crippen molar-refractivity contribution in [2.75, 3.05) is 20.3 Å². The zero-order valence-electron chi connectivity index (χ0n) is 11.2. The summed E-state index contributed by atoms with van der Waals surface area (Å²) < 4.78 is 48.2. The van der Waals surface area contributed by atoms with Gasteiger partial charge in [-0.2, -0.15) is 13.2 Å². The topological polar surface area (TPSA) is 30.5 Å². The van der Waals surface area contributed by atoms with E-state index in [0.717, 1.165) is 17.7 Å². The van der Waals surface area contributed by atoms with Crippen LogP contribution in [0.3, 0.4) is 0 Å². The van der Waals surface area contributed by atoms with Crippen molar-refractivity contribution in [2.24, 2.45) is 0 Å². The Balaban J connectivity index is 1.93. The van der Waals surface area contributed by atoms with Crippen molar-refractivity contribution in [3.63, 3.8) is 0 Å². The molecule has 1 aliphatic rings. The molecule has 0 amide bonds. The van der Waals surface area contributed by atoms with Gasteiger partial charge in [-0.05, 0) is 31.2 Å². The maximum atomic E-state index is 12.5. The van der Waals surface area contributed by atoms with E-state index in [4.69, 9.17) is 9.47 Å². The molecule has 1 aromatic rings. The number of halogens is 3. The SMILES string of the molecule is CNC(Cc1ccc(C(F)(F)F)cc1)CC1OCCO1. The van der Waals surface area contributed by atoms with E-state index in [2.05, 4.69) is 5.32 Å². The molecular formula is C14H18F3NO2. The molecule has 0 bridgehead atoms. The maximum Gasteiger partial charge on any atom is 0.416 e. The van der Waals surface area contributed by atoms with Crippen molar-refractivity contribution in [3.05, 3.63) is 35.4 Å². The number of rotatable bonds is 5. The summed E-state index contributed by atoms with van der Waals surface area (Å²) in [6.45, 7) is 1.20. The molecule has 3 nitrogen and oxygen atoms in total. The van der Waals surface area contributed by atoms with E-state index in [1.807, 2.05) is 7.05 Å². The number of hydrogen-bond acceptors (Lipinski definition) is 3. The van der Waals surface area contributed by atoms with Gasteiger partial charge in [-0.25, -0.2) is 0 Å². The van der Waals surface area contributed by atoms with Crippen LogP contribution in [0, 0.1) is 0 Å². The molecule has 0 radical (unpaired) electrons. The second-order valence-corrected chi connectivity index (χ2v) is 4.79. The molecule has 1 atom stereocenters. The van der Waals surface area contributed by atoms with Crippen molar-refractivity contribution in [2.45, 2.75) is 31.3 Å². The Morgan fingerprint density at radius 1 is 1.20 bits per heavy atom. The Bertz CT molecular complexity index is 413. The van der Waals surface area contributed by atoms with E-state index < -0.39 is 11.7 Å². The van der Waals surface area contributed by atoms with Gasteiger partial charge in [0.15, 0.2) is 6.29 Å². The zero-order valence-corrected chi connectivity index (χ0v) is 11.2. The predicted octanol–water partition coefficient (Wildman–Crippen LogP) is 2.60. The largest absolute Gasteiger partial charge is 0.416 e. The van der Waals surface area contributed by atoms with Gasteiger partial charge in [0.05, 0.1) is 18.8 Å². The first-order valence-electron chi connectivity index (χ1n) is 6.55. The normalized spacial score (nSPS) is 18.4. The van der Waals surface area contributed by atoms with Crippen LogP contribution in [0.5, 0.6) is 0 Å². The Morgan fingerprint density at radius 2 is 1.80 bits per heavy atom. The molecule has 1 heterocycles. The van der Waals surface area contributed by atoms with Crippen molar-refractivity contribution in [1.82, 2.24) is 5.32 Å². The van der Waals surface area contributed by atoms with E-state index >= 15 is 0 Å². The quantitative estimate of drug-likeness (QED) is 0.904. The Hall–Kier alpha value is -1.11. The minimum absolute atomic E-state index is 0.106. The number of hydrogen-bond donors (Lipinski definition) is 1. The molecule has 6 heteroatoms. The van der Waals surface area contributed by atoms with Gasteiger partial charge in [0.1, 0.15) is 0 Å². The molecule has 1 fully saturated rings. The summed E-state index contributed by atoms with van der Waals surface area (Å²) >= 11 is 0. The first kappa shape index (κ1) is 15.3. The number of nitrogens with one attached hydrogen (secondary N) is 1. The minimum Gasteiger partial charge on any atom is -0.350 e. The molecule has 1 aromatic carbocycles. The fraction of sp³-hybridized carbons (Fsp3) is 0.571. The average Bonchev–Trinajstić information content (AvgIpc) is 2.90. The van der Waals surface area contributed by atoms with Crippen LogP contribution in [0.4, 0.5) is 13.2 Å². The highest BCUT2D eigenvalue weighted by Crippen LogP contribution is 2.29. The van der Waals surface area contributed by atoms with Crippen LogP contribution in [0.2, 0.25) is 0 Å². The van der Waals surface area contributed by atoms with Gasteiger partial charge in [-0.1, -0.05) is 12.1 Å². The summed E-state index contributed by atoms with van der Waals surface area (Å²) in [6.07, 6.45) is -3.19. The monoisotopic (exact) mass is 289 g/mol. The van der Waals surface area contributed by atoms with Gasteiger partial charge >= 0.3 is 6.18 Å². The van der Waals surface area contributed by atoms with E-state index in [-0.39, 0.29) is 12.3 Å². The molecule has 1 unspecified atom stereocenters. The van der Waals surface area contributed by atoms with E-state index in [1.165, 1.54) is 12.1 Å². The van der Waals surface area contributed by atoms with E-state index in [0.29, 0.717) is 26.1 Å². The van der Waals surface area contributed by atoms with Crippen LogP contribution in [0.1, 0.15) is 17.5 Å². The van der Waals surface area contributed by atoms with Gasteiger partial charge < -0.3 is 14.8 Å². The molecule has 0 aliphatic carbocycles. The molecule has 0 spiro atoms. The highest BCUT2D eigenvalue weighted by atomic mass is 19.4. The average molecular weight is 289 g/mol. The van der Waals surface area contributed by atoms with E-state index in [1.54, 1.807) is 0 Å². The second kappa shape index (κ2) is 6.56. The van der Waals surface area contributed by atoms with E-state index in [9.17, 15) is 13.2 Å². The lowest BCUT2D eigenvalue weighted by atomic mass is 10.0. The summed E-state index contributed by atoms with van der Waals surface area (Å²) in [7, 11) is 1.82. The Labute approximate surface area is 116 Å². The molecular weight excluding hydrogens is 271 g/mol. The highest BCUT2D eigenvalue weighted by Gasteiger charge is 2.30. The summed E-state index contributed by atoms with van der Waals surface area (Å²) in [6, 6.07) is 5.37. The number of benzene rings is 1. The standard InChI is InChI=1S/C14H18F3NO2/c1-18-12(9-13-19-6-7-20-13)8-10-2-4-11(5-3-10)14(15,16)17/h2-5,12-13,18H,6-9H2,1H3. The predicted molar refractivity (Wildman–Crippen MR) is 68.3 cm³/mol. The van der Waals surface area contributed by atoms with Crippen LogP contribution < -0.4 is 5.32 Å². The summed E-state index contributed by atoms with van der Waals surface area (Å²) in [5.41, 5.74) is 0.236. The van der Waals surface area contributed by atoms with Gasteiger partial charge in [-0.15, -0.1) is 0 Å². The molecule has 1 saturated heterocycles. The first-order valence-corrected chi connectivity index (χ1v) is 6.55. The lowest BCUT2D eigenvalue weighted by Crippen LogP contribution is -2.32. The van der Waals surface area contributed by atoms with Crippen LogP contribution in [-0.4, -0.2) is 32.6 Å². The van der Waals surface area contributed by atoms with Crippen LogP contribution in [0.15, 0.2) is 24.3 Å². The second-order valence-electron chi connectivity index (χ2n) is 4.79. The van der Waals surface area contributed by atoms with Crippen molar-refractivity contribution >= 4 is 0 Å². The molecule has 112 valence electrons. The third-order valence-corrected chi connectivity index (χ3v) is 3.34. The molecule has 0 saturated carbocycles. The van der Waals surface area contributed by atoms with Crippen molar-refractivity contribution in [1.29, 1.82) is 0 Å². The minimum atomic E-state index is -4.29. The third-order valence-electron chi connectivity index (χ3n) is 3.34. The van der Waals surface area contributed by atoms with Gasteiger partial charge in [0, 0.05) is 12.5 Å². The molecule has 2 rings (SSSR count). The Kier molecular flexibility index (Phi) is 5.01.